The van der Waals surface area contributed by atoms with Crippen molar-refractivity contribution in [1.29, 1.82) is 0 Å². The Balaban J connectivity index is 1.75. The number of carbonyl (C=O) groups is 1. The number of hydrogen-bond donors (Lipinski definition) is 0. The van der Waals surface area contributed by atoms with Gasteiger partial charge in [0.15, 0.2) is 0 Å². The zero-order valence-electron chi connectivity index (χ0n) is 13.9. The molecule has 0 radical (unpaired) electrons. The summed E-state index contributed by atoms with van der Waals surface area (Å²) in [6.45, 7) is 4.71. The first-order chi connectivity index (χ1) is 11.7. The lowest BCUT2D eigenvalue weighted by Gasteiger charge is -2.20. The molecule has 1 amide bonds. The zero-order chi connectivity index (χ0) is 16.9. The van der Waals surface area contributed by atoms with Crippen LogP contribution in [0.2, 0.25) is 0 Å². The number of aromatic nitrogens is 1. The van der Waals surface area contributed by atoms with Crippen LogP contribution in [0, 0.1) is 6.92 Å². The molecule has 0 saturated heterocycles. The second kappa shape index (κ2) is 7.41. The molecule has 3 aromatic rings. The molecule has 0 fully saturated rings. The smallest absolute Gasteiger partial charge is 0.233 e. The fourth-order valence-electron chi connectivity index (χ4n) is 2.66. The first-order valence-corrected chi connectivity index (χ1v) is 8.92. The third kappa shape index (κ3) is 3.71. The van der Waals surface area contributed by atoms with Crippen LogP contribution >= 0.6 is 11.3 Å². The second-order valence-electron chi connectivity index (χ2n) is 5.66. The molecular formula is C20H20N2OS. The van der Waals surface area contributed by atoms with Gasteiger partial charge >= 0.3 is 0 Å². The molecule has 3 nitrogen and oxygen atoms in total. The minimum Gasteiger partial charge on any atom is -0.312 e. The van der Waals surface area contributed by atoms with Crippen molar-refractivity contribution in [1.82, 2.24) is 4.98 Å². The number of nitrogens with zero attached hydrogens (tertiary/aromatic N) is 2. The van der Waals surface area contributed by atoms with Crippen molar-refractivity contribution in [3.63, 3.8) is 0 Å². The van der Waals surface area contributed by atoms with Crippen molar-refractivity contribution in [3.8, 4) is 10.6 Å². The SMILES string of the molecule is CCN(C(=O)Cc1csc(-c2cccc(C)c2)n1)c1ccccc1. The Morgan fingerprint density at radius 1 is 1.12 bits per heavy atom. The van der Waals surface area contributed by atoms with Gasteiger partial charge in [-0.05, 0) is 32.0 Å². The van der Waals surface area contributed by atoms with Gasteiger partial charge in [0.2, 0.25) is 5.91 Å². The summed E-state index contributed by atoms with van der Waals surface area (Å²) in [7, 11) is 0. The molecule has 122 valence electrons. The number of anilines is 1. The minimum atomic E-state index is 0.0739. The summed E-state index contributed by atoms with van der Waals surface area (Å²) in [5.41, 5.74) is 4.07. The summed E-state index contributed by atoms with van der Waals surface area (Å²) >= 11 is 1.59. The average Bonchev–Trinajstić information content (AvgIpc) is 3.05. The van der Waals surface area contributed by atoms with E-state index >= 15 is 0 Å². The Bertz CT molecular complexity index is 826. The van der Waals surface area contributed by atoms with Crippen LogP contribution in [0.25, 0.3) is 10.6 Å². The summed E-state index contributed by atoms with van der Waals surface area (Å²) in [6, 6.07) is 18.0. The quantitative estimate of drug-likeness (QED) is 0.676. The standard InChI is InChI=1S/C20H20N2OS/c1-3-22(18-10-5-4-6-11-18)19(23)13-17-14-24-20(21-17)16-9-7-8-15(2)12-16/h4-12,14H,3,13H2,1-2H3. The molecule has 0 atom stereocenters. The number of para-hydroxylation sites is 1. The highest BCUT2D eigenvalue weighted by Crippen LogP contribution is 2.25. The highest BCUT2D eigenvalue weighted by molar-refractivity contribution is 7.13. The molecule has 1 heterocycles. The van der Waals surface area contributed by atoms with Gasteiger partial charge < -0.3 is 4.90 Å². The molecule has 1 aromatic heterocycles. The third-order valence-corrected chi connectivity index (χ3v) is 4.77. The molecule has 4 heteroatoms. The van der Waals surface area contributed by atoms with Crippen LogP contribution in [-0.2, 0) is 11.2 Å². The Labute approximate surface area is 146 Å². The molecule has 0 aliphatic heterocycles. The van der Waals surface area contributed by atoms with E-state index in [1.165, 1.54) is 5.56 Å². The van der Waals surface area contributed by atoms with Crippen molar-refractivity contribution >= 4 is 22.9 Å². The maximum absolute atomic E-state index is 12.6. The highest BCUT2D eigenvalue weighted by Gasteiger charge is 2.16. The van der Waals surface area contributed by atoms with E-state index in [1.54, 1.807) is 16.2 Å². The van der Waals surface area contributed by atoms with Gasteiger partial charge in [-0.25, -0.2) is 4.98 Å². The van der Waals surface area contributed by atoms with E-state index in [-0.39, 0.29) is 5.91 Å². The van der Waals surface area contributed by atoms with Crippen molar-refractivity contribution in [2.75, 3.05) is 11.4 Å². The van der Waals surface area contributed by atoms with E-state index in [0.717, 1.165) is 22.0 Å². The van der Waals surface area contributed by atoms with Gasteiger partial charge in [0.1, 0.15) is 5.01 Å². The number of carbonyl (C=O) groups excluding carboxylic acids is 1. The van der Waals surface area contributed by atoms with Gasteiger partial charge in [-0.15, -0.1) is 11.3 Å². The average molecular weight is 336 g/mol. The van der Waals surface area contributed by atoms with Crippen molar-refractivity contribution in [3.05, 3.63) is 71.2 Å². The predicted molar refractivity (Wildman–Crippen MR) is 100 cm³/mol. The Morgan fingerprint density at radius 3 is 2.62 bits per heavy atom. The van der Waals surface area contributed by atoms with Crippen LogP contribution in [0.5, 0.6) is 0 Å². The van der Waals surface area contributed by atoms with E-state index in [2.05, 4.69) is 30.1 Å². The van der Waals surface area contributed by atoms with Gasteiger partial charge in [-0.3, -0.25) is 4.79 Å². The lowest BCUT2D eigenvalue weighted by Crippen LogP contribution is -2.32. The van der Waals surface area contributed by atoms with E-state index in [9.17, 15) is 4.79 Å². The molecule has 0 N–H and O–H groups in total. The number of amides is 1. The normalized spacial score (nSPS) is 10.6. The number of thiazole rings is 1. The first-order valence-electron chi connectivity index (χ1n) is 8.04. The summed E-state index contributed by atoms with van der Waals surface area (Å²) in [6.07, 6.45) is 0.324. The lowest BCUT2D eigenvalue weighted by atomic mass is 10.1. The van der Waals surface area contributed by atoms with Gasteiger partial charge in [0, 0.05) is 23.2 Å². The summed E-state index contributed by atoms with van der Waals surface area (Å²) in [5, 5.41) is 2.94. The van der Waals surface area contributed by atoms with E-state index in [4.69, 9.17) is 0 Å². The number of aryl methyl sites for hydroxylation is 1. The van der Waals surface area contributed by atoms with Gasteiger partial charge in [-0.1, -0.05) is 42.0 Å². The maximum Gasteiger partial charge on any atom is 0.233 e. The number of likely N-dealkylation sites (N-methyl/N-ethyl adjacent to an activating group) is 1. The van der Waals surface area contributed by atoms with Crippen LogP contribution in [0.1, 0.15) is 18.2 Å². The molecule has 0 unspecified atom stereocenters. The van der Waals surface area contributed by atoms with Gasteiger partial charge in [-0.2, -0.15) is 0 Å². The molecule has 2 aromatic carbocycles. The van der Waals surface area contributed by atoms with Gasteiger partial charge in [0.05, 0.1) is 12.1 Å². The van der Waals surface area contributed by atoms with Crippen molar-refractivity contribution < 1.29 is 4.79 Å². The molecule has 0 aliphatic carbocycles. The number of rotatable bonds is 5. The number of hydrogen-bond acceptors (Lipinski definition) is 3. The third-order valence-electron chi connectivity index (χ3n) is 3.83. The van der Waals surface area contributed by atoms with Gasteiger partial charge in [0.25, 0.3) is 0 Å². The fraction of sp³-hybridized carbons (Fsp3) is 0.200. The van der Waals surface area contributed by atoms with Crippen LogP contribution in [0.3, 0.4) is 0 Å². The topological polar surface area (TPSA) is 33.2 Å². The Hall–Kier alpha value is -2.46. The summed E-state index contributed by atoms with van der Waals surface area (Å²) in [4.78, 5) is 19.1. The molecular weight excluding hydrogens is 316 g/mol. The highest BCUT2D eigenvalue weighted by atomic mass is 32.1. The van der Waals surface area contributed by atoms with Crippen LogP contribution in [0.4, 0.5) is 5.69 Å². The largest absolute Gasteiger partial charge is 0.312 e. The van der Waals surface area contributed by atoms with Crippen LogP contribution in [0.15, 0.2) is 60.0 Å². The van der Waals surface area contributed by atoms with E-state index in [1.807, 2.05) is 48.7 Å². The van der Waals surface area contributed by atoms with Crippen LogP contribution in [-0.4, -0.2) is 17.4 Å². The molecule has 0 aliphatic rings. The molecule has 0 saturated carbocycles. The summed E-state index contributed by atoms with van der Waals surface area (Å²) < 4.78 is 0. The maximum atomic E-state index is 12.6. The molecule has 3 rings (SSSR count). The first kappa shape index (κ1) is 16.4. The minimum absolute atomic E-state index is 0.0739. The van der Waals surface area contributed by atoms with E-state index < -0.39 is 0 Å². The predicted octanol–water partition coefficient (Wildman–Crippen LogP) is 4.71. The molecule has 0 bridgehead atoms. The Morgan fingerprint density at radius 2 is 1.92 bits per heavy atom. The summed E-state index contributed by atoms with van der Waals surface area (Å²) in [5.74, 6) is 0.0739. The lowest BCUT2D eigenvalue weighted by molar-refractivity contribution is -0.118. The van der Waals surface area contributed by atoms with Crippen LogP contribution < -0.4 is 4.90 Å². The second-order valence-corrected chi connectivity index (χ2v) is 6.52. The molecule has 24 heavy (non-hydrogen) atoms. The fourth-order valence-corrected chi connectivity index (χ4v) is 3.48. The van der Waals surface area contributed by atoms with Crippen molar-refractivity contribution in [2.24, 2.45) is 0 Å². The molecule has 0 spiro atoms. The number of benzene rings is 2. The van der Waals surface area contributed by atoms with Crippen molar-refractivity contribution in [2.45, 2.75) is 20.3 Å². The monoisotopic (exact) mass is 336 g/mol. The zero-order valence-corrected chi connectivity index (χ0v) is 14.7. The van der Waals surface area contributed by atoms with E-state index in [0.29, 0.717) is 13.0 Å². The Kier molecular flexibility index (Phi) is 5.06.